The minimum absolute atomic E-state index is 0.106. The molecule has 0 atom stereocenters. The number of amides is 1. The summed E-state index contributed by atoms with van der Waals surface area (Å²) in [5.41, 5.74) is 2.86. The Labute approximate surface area is 207 Å². The van der Waals surface area contributed by atoms with E-state index in [-0.39, 0.29) is 10.9 Å². The topological polar surface area (TPSA) is 71.1 Å². The third-order valence-electron chi connectivity index (χ3n) is 4.33. The largest absolute Gasteiger partial charge is 0.308 e. The lowest BCUT2D eigenvalue weighted by molar-refractivity contribution is 0.0975. The lowest BCUT2D eigenvalue weighted by Crippen LogP contribution is -2.34. The second-order valence-corrected chi connectivity index (χ2v) is 10.0. The number of aromatic nitrogens is 1. The van der Waals surface area contributed by atoms with Gasteiger partial charge in [0.15, 0.2) is 16.0 Å². The first kappa shape index (κ1) is 22.6. The monoisotopic (exact) mass is 517 g/mol. The molecule has 0 fully saturated rings. The molecular formula is C22H13Cl2N3O2S3. The van der Waals surface area contributed by atoms with E-state index in [2.05, 4.69) is 15.6 Å². The maximum atomic E-state index is 12.5. The predicted octanol–water partition coefficient (Wildman–Crippen LogP) is 6.54. The van der Waals surface area contributed by atoms with Crippen molar-refractivity contribution in [1.82, 2.24) is 10.3 Å². The lowest BCUT2D eigenvalue weighted by Gasteiger charge is -2.08. The van der Waals surface area contributed by atoms with Gasteiger partial charge in [-0.3, -0.25) is 14.9 Å². The van der Waals surface area contributed by atoms with Gasteiger partial charge in [-0.15, -0.1) is 22.7 Å². The quantitative estimate of drug-likeness (QED) is 0.232. The van der Waals surface area contributed by atoms with Crippen LogP contribution in [0, 0.1) is 0 Å². The number of ketones is 1. The molecule has 0 radical (unpaired) electrons. The molecule has 4 aromatic rings. The third kappa shape index (κ3) is 5.23. The highest BCUT2D eigenvalue weighted by Crippen LogP contribution is 2.38. The number of nitrogens with one attached hydrogen (secondary N) is 2. The lowest BCUT2D eigenvalue weighted by atomic mass is 10.0. The van der Waals surface area contributed by atoms with Crippen molar-refractivity contribution >= 4 is 80.0 Å². The van der Waals surface area contributed by atoms with E-state index in [0.29, 0.717) is 36.2 Å². The second kappa shape index (κ2) is 9.89. The van der Waals surface area contributed by atoms with Crippen LogP contribution in [0.4, 0.5) is 5.13 Å². The van der Waals surface area contributed by atoms with Crippen LogP contribution >= 0.6 is 58.1 Å². The van der Waals surface area contributed by atoms with Crippen molar-refractivity contribution < 1.29 is 9.59 Å². The van der Waals surface area contributed by atoms with E-state index in [4.69, 9.17) is 35.4 Å². The number of benzene rings is 2. The van der Waals surface area contributed by atoms with E-state index in [1.54, 1.807) is 54.6 Å². The zero-order valence-corrected chi connectivity index (χ0v) is 20.1. The molecule has 0 aliphatic rings. The van der Waals surface area contributed by atoms with Crippen molar-refractivity contribution in [3.8, 4) is 11.3 Å². The fourth-order valence-electron chi connectivity index (χ4n) is 2.80. The summed E-state index contributed by atoms with van der Waals surface area (Å²) in [6.45, 7) is 0. The molecule has 160 valence electrons. The van der Waals surface area contributed by atoms with Gasteiger partial charge >= 0.3 is 0 Å². The second-order valence-electron chi connectivity index (χ2n) is 6.46. The summed E-state index contributed by atoms with van der Waals surface area (Å²) in [6.07, 6.45) is 0. The Morgan fingerprint density at radius 2 is 1.59 bits per heavy atom. The van der Waals surface area contributed by atoms with E-state index >= 15 is 0 Å². The molecule has 32 heavy (non-hydrogen) atoms. The average molecular weight is 518 g/mol. The highest BCUT2D eigenvalue weighted by molar-refractivity contribution is 7.80. The van der Waals surface area contributed by atoms with Crippen LogP contribution in [0.2, 0.25) is 8.67 Å². The van der Waals surface area contributed by atoms with Crippen LogP contribution in [-0.2, 0) is 0 Å². The molecule has 0 saturated carbocycles. The number of carbonyl (C=O) groups excluding carboxylic acids is 2. The van der Waals surface area contributed by atoms with E-state index in [0.717, 1.165) is 5.56 Å². The van der Waals surface area contributed by atoms with Gasteiger partial charge in [0.05, 0.1) is 10.0 Å². The van der Waals surface area contributed by atoms with Crippen molar-refractivity contribution in [3.63, 3.8) is 0 Å². The first-order valence-electron chi connectivity index (χ1n) is 9.13. The molecule has 0 aliphatic carbocycles. The zero-order valence-electron chi connectivity index (χ0n) is 16.1. The van der Waals surface area contributed by atoms with Gasteiger partial charge in [-0.25, -0.2) is 4.98 Å². The van der Waals surface area contributed by atoms with E-state index in [9.17, 15) is 9.59 Å². The molecule has 4 rings (SSSR count). The number of anilines is 1. The molecule has 0 saturated heterocycles. The number of thiophene rings is 1. The van der Waals surface area contributed by atoms with Gasteiger partial charge in [-0.05, 0) is 30.4 Å². The van der Waals surface area contributed by atoms with Gasteiger partial charge in [0.1, 0.15) is 4.34 Å². The summed E-state index contributed by atoms with van der Waals surface area (Å²) in [4.78, 5) is 29.4. The summed E-state index contributed by atoms with van der Waals surface area (Å²) in [5.74, 6) is -0.507. The summed E-state index contributed by atoms with van der Waals surface area (Å²) in [6, 6.07) is 17.1. The Hall–Kier alpha value is -2.62. The Kier molecular flexibility index (Phi) is 6.98. The molecule has 0 unspecified atom stereocenters. The molecule has 2 heterocycles. The van der Waals surface area contributed by atoms with Gasteiger partial charge < -0.3 is 5.32 Å². The Morgan fingerprint density at radius 3 is 2.25 bits per heavy atom. The molecule has 1 amide bonds. The molecule has 2 aromatic heterocycles. The number of thiocarbonyl (C=S) groups is 1. The number of hydrogen-bond donors (Lipinski definition) is 2. The summed E-state index contributed by atoms with van der Waals surface area (Å²) in [7, 11) is 0. The Bertz CT molecular complexity index is 1300. The molecular weight excluding hydrogens is 505 g/mol. The third-order valence-corrected chi connectivity index (χ3v) is 6.78. The number of rotatable bonds is 5. The molecule has 5 nitrogen and oxygen atoms in total. The summed E-state index contributed by atoms with van der Waals surface area (Å²) in [5, 5.41) is 7.93. The highest BCUT2D eigenvalue weighted by Gasteiger charge is 2.14. The number of thiazole rings is 1. The molecule has 2 aromatic carbocycles. The SMILES string of the molecule is O=C(NC(=S)Nc1nc(-c2cc(Cl)sc2Cl)cs1)c1ccc(C(=O)c2ccccc2)cc1. The molecule has 10 heteroatoms. The minimum Gasteiger partial charge on any atom is -0.308 e. The van der Waals surface area contributed by atoms with Crippen molar-refractivity contribution in [3.05, 3.63) is 91.4 Å². The van der Waals surface area contributed by atoms with Crippen LogP contribution in [0.5, 0.6) is 0 Å². The van der Waals surface area contributed by atoms with Gasteiger partial charge in [0.25, 0.3) is 5.91 Å². The van der Waals surface area contributed by atoms with Crippen LogP contribution in [0.3, 0.4) is 0 Å². The maximum absolute atomic E-state index is 12.5. The smallest absolute Gasteiger partial charge is 0.257 e. The number of nitrogens with zero attached hydrogens (tertiary/aromatic N) is 1. The van der Waals surface area contributed by atoms with Crippen molar-refractivity contribution in [2.24, 2.45) is 0 Å². The fraction of sp³-hybridized carbons (Fsp3) is 0. The van der Waals surface area contributed by atoms with E-state index in [1.165, 1.54) is 22.7 Å². The van der Waals surface area contributed by atoms with Crippen LogP contribution in [0.1, 0.15) is 26.3 Å². The average Bonchev–Trinajstić information content (AvgIpc) is 3.39. The first-order valence-corrected chi connectivity index (χ1v) is 12.0. The van der Waals surface area contributed by atoms with E-state index < -0.39 is 5.91 Å². The molecule has 0 bridgehead atoms. The van der Waals surface area contributed by atoms with E-state index in [1.807, 2.05) is 11.4 Å². The van der Waals surface area contributed by atoms with Crippen LogP contribution in [0.15, 0.2) is 66.0 Å². The summed E-state index contributed by atoms with van der Waals surface area (Å²) < 4.78 is 1.13. The Balaban J connectivity index is 1.37. The standard InChI is InChI=1S/C22H13Cl2N3O2S3/c23-17-10-15(19(24)32-17)16-11-31-22(25-16)27-21(30)26-20(29)14-8-6-13(7-9-14)18(28)12-4-2-1-3-5-12/h1-11H,(H2,25,26,27,29,30). The minimum atomic E-state index is -0.398. The van der Waals surface area contributed by atoms with Gasteiger partial charge in [0, 0.05) is 27.6 Å². The maximum Gasteiger partial charge on any atom is 0.257 e. The normalized spacial score (nSPS) is 10.6. The van der Waals surface area contributed by atoms with Crippen molar-refractivity contribution in [2.75, 3.05) is 5.32 Å². The fourth-order valence-corrected chi connectivity index (χ4v) is 5.25. The van der Waals surface area contributed by atoms with Crippen LogP contribution in [0.25, 0.3) is 11.3 Å². The number of hydrogen-bond acceptors (Lipinski definition) is 6. The number of halogens is 2. The molecule has 2 N–H and O–H groups in total. The van der Waals surface area contributed by atoms with Crippen LogP contribution in [-0.4, -0.2) is 21.8 Å². The number of carbonyl (C=O) groups is 2. The Morgan fingerprint density at radius 1 is 0.938 bits per heavy atom. The first-order chi connectivity index (χ1) is 15.4. The van der Waals surface area contributed by atoms with Gasteiger partial charge in [0.2, 0.25) is 0 Å². The zero-order chi connectivity index (χ0) is 22.7. The summed E-state index contributed by atoms with van der Waals surface area (Å²) >= 11 is 20.0. The van der Waals surface area contributed by atoms with Crippen molar-refractivity contribution in [1.29, 1.82) is 0 Å². The van der Waals surface area contributed by atoms with Gasteiger partial charge in [-0.1, -0.05) is 65.7 Å². The predicted molar refractivity (Wildman–Crippen MR) is 135 cm³/mol. The molecule has 0 spiro atoms. The van der Waals surface area contributed by atoms with Crippen LogP contribution < -0.4 is 10.6 Å². The van der Waals surface area contributed by atoms with Gasteiger partial charge in [-0.2, -0.15) is 0 Å². The van der Waals surface area contributed by atoms with Crippen molar-refractivity contribution in [2.45, 2.75) is 0 Å². The molecule has 0 aliphatic heterocycles. The highest BCUT2D eigenvalue weighted by atomic mass is 35.5.